The number of carbonyl (C=O) groups is 1. The van der Waals surface area contributed by atoms with E-state index >= 15 is 0 Å². The molecule has 0 aliphatic heterocycles. The molecule has 2 rings (SSSR count). The average molecular weight is 286 g/mol. The third kappa shape index (κ3) is 3.61. The predicted molar refractivity (Wildman–Crippen MR) is 82.8 cm³/mol. The van der Waals surface area contributed by atoms with Crippen LogP contribution in [0, 0.1) is 0 Å². The summed E-state index contributed by atoms with van der Waals surface area (Å²) in [4.78, 5) is 12.2. The van der Waals surface area contributed by atoms with Crippen LogP contribution < -0.4 is 5.43 Å². The first-order chi connectivity index (χ1) is 9.70. The molecule has 0 radical (unpaired) electrons. The van der Waals surface area contributed by atoms with Crippen LogP contribution in [0.5, 0.6) is 0 Å². The lowest BCUT2D eigenvalue weighted by Crippen LogP contribution is -2.02. The fourth-order valence-electron chi connectivity index (χ4n) is 1.63. The van der Waals surface area contributed by atoms with Crippen molar-refractivity contribution in [1.29, 1.82) is 0 Å². The van der Waals surface area contributed by atoms with Crippen molar-refractivity contribution in [3.63, 3.8) is 0 Å². The molecule has 0 aliphatic carbocycles. The molecule has 0 amide bonds. The Kier molecular flexibility index (Phi) is 4.79. The van der Waals surface area contributed by atoms with E-state index in [9.17, 15) is 4.79 Å². The molecule has 0 aromatic heterocycles. The highest BCUT2D eigenvalue weighted by Crippen LogP contribution is 2.15. The Balaban J connectivity index is 2.08. The van der Waals surface area contributed by atoms with Crippen molar-refractivity contribution in [3.8, 4) is 0 Å². The molecule has 0 saturated carbocycles. The largest absolute Gasteiger partial charge is 0.478 e. The Labute approximate surface area is 121 Å². The van der Waals surface area contributed by atoms with Crippen molar-refractivity contribution < 1.29 is 9.90 Å². The Morgan fingerprint density at radius 2 is 1.90 bits per heavy atom. The number of benzene rings is 2. The summed E-state index contributed by atoms with van der Waals surface area (Å²) in [5.41, 5.74) is 4.37. The topological polar surface area (TPSA) is 61.7 Å². The van der Waals surface area contributed by atoms with Crippen LogP contribution in [0.15, 0.2) is 58.5 Å². The molecule has 0 spiro atoms. The minimum absolute atomic E-state index is 0.197. The lowest BCUT2D eigenvalue weighted by Gasteiger charge is -2.04. The number of nitrogens with zero attached hydrogens (tertiary/aromatic N) is 1. The molecule has 2 aromatic rings. The number of rotatable bonds is 5. The predicted octanol–water partition coefficient (Wildman–Crippen LogP) is 3.55. The van der Waals surface area contributed by atoms with Crippen LogP contribution in [0.25, 0.3) is 0 Å². The summed E-state index contributed by atoms with van der Waals surface area (Å²) in [6, 6.07) is 14.6. The SMILES string of the molecule is CSc1ccc(C=NNc2ccccc2C(=O)O)cc1. The van der Waals surface area contributed by atoms with Gasteiger partial charge < -0.3 is 5.11 Å². The van der Waals surface area contributed by atoms with E-state index in [4.69, 9.17) is 5.11 Å². The van der Waals surface area contributed by atoms with E-state index in [1.54, 1.807) is 36.2 Å². The fourth-order valence-corrected chi connectivity index (χ4v) is 2.04. The van der Waals surface area contributed by atoms with E-state index in [2.05, 4.69) is 10.5 Å². The lowest BCUT2D eigenvalue weighted by molar-refractivity contribution is 0.0698. The van der Waals surface area contributed by atoms with Crippen LogP contribution in [0.1, 0.15) is 15.9 Å². The first-order valence-corrected chi connectivity index (χ1v) is 7.18. The van der Waals surface area contributed by atoms with E-state index in [1.165, 1.54) is 11.0 Å². The molecule has 5 heteroatoms. The number of anilines is 1. The van der Waals surface area contributed by atoms with Crippen LogP contribution in [-0.2, 0) is 0 Å². The molecular formula is C15H14N2O2S. The van der Waals surface area contributed by atoms with Crippen molar-refractivity contribution >= 4 is 29.6 Å². The molecule has 20 heavy (non-hydrogen) atoms. The maximum atomic E-state index is 11.0. The molecule has 0 saturated heterocycles. The highest BCUT2D eigenvalue weighted by molar-refractivity contribution is 7.98. The van der Waals surface area contributed by atoms with Crippen molar-refractivity contribution in [2.45, 2.75) is 4.90 Å². The second kappa shape index (κ2) is 6.77. The van der Waals surface area contributed by atoms with Gasteiger partial charge in [0.05, 0.1) is 17.5 Å². The summed E-state index contributed by atoms with van der Waals surface area (Å²) in [6.07, 6.45) is 3.68. The van der Waals surface area contributed by atoms with Crippen LogP contribution >= 0.6 is 11.8 Å². The molecule has 0 heterocycles. The minimum atomic E-state index is -0.979. The number of carboxylic acids is 1. The highest BCUT2D eigenvalue weighted by Gasteiger charge is 2.07. The zero-order valence-electron chi connectivity index (χ0n) is 10.9. The standard InChI is InChI=1S/C15H14N2O2S/c1-20-12-8-6-11(7-9-12)10-16-17-14-5-3-2-4-13(14)15(18)19/h2-10,17H,1H3,(H,18,19). The minimum Gasteiger partial charge on any atom is -0.478 e. The van der Waals surface area contributed by atoms with Crippen molar-refractivity contribution in [1.82, 2.24) is 0 Å². The third-order valence-corrected chi connectivity index (χ3v) is 3.42. The Morgan fingerprint density at radius 3 is 2.55 bits per heavy atom. The van der Waals surface area contributed by atoms with Crippen LogP contribution in [0.2, 0.25) is 0 Å². The molecule has 0 fully saturated rings. The number of hydrogen-bond donors (Lipinski definition) is 2. The second-order valence-electron chi connectivity index (χ2n) is 3.99. The highest BCUT2D eigenvalue weighted by atomic mass is 32.2. The summed E-state index contributed by atoms with van der Waals surface area (Å²) in [5, 5.41) is 13.1. The van der Waals surface area contributed by atoms with Gasteiger partial charge in [-0.15, -0.1) is 11.8 Å². The number of hydrazone groups is 1. The Hall–Kier alpha value is -2.27. The van der Waals surface area contributed by atoms with Gasteiger partial charge in [-0.1, -0.05) is 24.3 Å². The first kappa shape index (κ1) is 14.1. The molecule has 102 valence electrons. The molecule has 2 N–H and O–H groups in total. The van der Waals surface area contributed by atoms with Gasteiger partial charge in [-0.25, -0.2) is 4.79 Å². The molecule has 0 bridgehead atoms. The van der Waals surface area contributed by atoms with Gasteiger partial charge in [0.1, 0.15) is 0 Å². The summed E-state index contributed by atoms with van der Waals surface area (Å²) in [7, 11) is 0. The average Bonchev–Trinajstić information content (AvgIpc) is 2.48. The van der Waals surface area contributed by atoms with Crippen LogP contribution in [0.4, 0.5) is 5.69 Å². The quantitative estimate of drug-likeness (QED) is 0.501. The summed E-state index contributed by atoms with van der Waals surface area (Å²) in [6.45, 7) is 0. The maximum Gasteiger partial charge on any atom is 0.337 e. The zero-order valence-corrected chi connectivity index (χ0v) is 11.7. The normalized spacial score (nSPS) is 10.7. The van der Waals surface area contributed by atoms with Gasteiger partial charge >= 0.3 is 5.97 Å². The van der Waals surface area contributed by atoms with E-state index in [1.807, 2.05) is 30.5 Å². The monoisotopic (exact) mass is 286 g/mol. The number of para-hydroxylation sites is 1. The van der Waals surface area contributed by atoms with Gasteiger partial charge in [-0.05, 0) is 36.1 Å². The van der Waals surface area contributed by atoms with E-state index in [0.29, 0.717) is 5.69 Å². The molecular weight excluding hydrogens is 272 g/mol. The van der Waals surface area contributed by atoms with Gasteiger partial charge in [0.15, 0.2) is 0 Å². The van der Waals surface area contributed by atoms with Crippen molar-refractivity contribution in [2.75, 3.05) is 11.7 Å². The van der Waals surface area contributed by atoms with Gasteiger partial charge in [0.2, 0.25) is 0 Å². The lowest BCUT2D eigenvalue weighted by atomic mass is 10.2. The molecule has 2 aromatic carbocycles. The van der Waals surface area contributed by atoms with Crippen molar-refractivity contribution in [3.05, 3.63) is 59.7 Å². The van der Waals surface area contributed by atoms with E-state index in [0.717, 1.165) is 5.56 Å². The fraction of sp³-hybridized carbons (Fsp3) is 0.0667. The van der Waals surface area contributed by atoms with Crippen LogP contribution in [-0.4, -0.2) is 23.5 Å². The number of aromatic carboxylic acids is 1. The Morgan fingerprint density at radius 1 is 1.20 bits per heavy atom. The van der Waals surface area contributed by atoms with Gasteiger partial charge in [0.25, 0.3) is 0 Å². The summed E-state index contributed by atoms with van der Waals surface area (Å²) >= 11 is 1.68. The second-order valence-corrected chi connectivity index (χ2v) is 4.87. The van der Waals surface area contributed by atoms with E-state index in [-0.39, 0.29) is 5.56 Å². The van der Waals surface area contributed by atoms with Gasteiger partial charge in [0, 0.05) is 4.90 Å². The smallest absolute Gasteiger partial charge is 0.337 e. The number of hydrogen-bond acceptors (Lipinski definition) is 4. The zero-order chi connectivity index (χ0) is 14.4. The van der Waals surface area contributed by atoms with Crippen molar-refractivity contribution in [2.24, 2.45) is 5.10 Å². The molecule has 0 unspecified atom stereocenters. The Bertz CT molecular complexity index is 624. The summed E-state index contributed by atoms with van der Waals surface area (Å²) in [5.74, 6) is -0.979. The maximum absolute atomic E-state index is 11.0. The van der Waals surface area contributed by atoms with E-state index < -0.39 is 5.97 Å². The van der Waals surface area contributed by atoms with Gasteiger partial charge in [-0.2, -0.15) is 5.10 Å². The number of nitrogens with one attached hydrogen (secondary N) is 1. The van der Waals surface area contributed by atoms with Gasteiger partial charge in [-0.3, -0.25) is 5.43 Å². The first-order valence-electron chi connectivity index (χ1n) is 5.96. The molecule has 0 aliphatic rings. The number of thioether (sulfide) groups is 1. The molecule has 0 atom stereocenters. The molecule has 4 nitrogen and oxygen atoms in total. The summed E-state index contributed by atoms with van der Waals surface area (Å²) < 4.78 is 0. The third-order valence-electron chi connectivity index (χ3n) is 2.67. The number of carboxylic acid groups (broad SMARTS) is 1. The van der Waals surface area contributed by atoms with Crippen LogP contribution in [0.3, 0.4) is 0 Å².